The molecule has 2 aliphatic rings. The van der Waals surface area contributed by atoms with Crippen LogP contribution in [0.4, 0.5) is 23.4 Å². The maximum atomic E-state index is 16.5. The summed E-state index contributed by atoms with van der Waals surface area (Å²) in [5, 5.41) is 18.1. The molecule has 3 aromatic rings. The highest BCUT2D eigenvalue weighted by molar-refractivity contribution is 5.93. The number of aliphatic hydroxyl groups is 1. The number of carbonyl (C=O) groups is 1. The molecular formula is C31H37F4N5O3. The molecule has 0 spiro atoms. The normalized spacial score (nSPS) is 18.4. The summed E-state index contributed by atoms with van der Waals surface area (Å²) < 4.78 is 63.1. The van der Waals surface area contributed by atoms with E-state index in [0.717, 1.165) is 43.9 Å². The molecule has 1 saturated carbocycles. The van der Waals surface area contributed by atoms with Crippen molar-refractivity contribution in [1.29, 1.82) is 0 Å². The summed E-state index contributed by atoms with van der Waals surface area (Å²) in [6, 6.07) is 4.17. The van der Waals surface area contributed by atoms with Crippen molar-refractivity contribution in [3.63, 3.8) is 0 Å². The largest absolute Gasteiger partial charge is 0.384 e. The second-order valence-corrected chi connectivity index (χ2v) is 12.4. The predicted octanol–water partition coefficient (Wildman–Crippen LogP) is 5.58. The zero-order valence-electron chi connectivity index (χ0n) is 25.0. The van der Waals surface area contributed by atoms with Crippen molar-refractivity contribution in [2.24, 2.45) is 7.05 Å². The van der Waals surface area contributed by atoms with E-state index in [2.05, 4.69) is 10.4 Å². The molecule has 2 N–H and O–H groups in total. The van der Waals surface area contributed by atoms with Gasteiger partial charge in [0.1, 0.15) is 11.4 Å². The average Bonchev–Trinajstić information content (AvgIpc) is 2.89. The van der Waals surface area contributed by atoms with E-state index in [4.69, 9.17) is 4.98 Å². The van der Waals surface area contributed by atoms with Crippen LogP contribution in [0.5, 0.6) is 0 Å². The van der Waals surface area contributed by atoms with Gasteiger partial charge in [-0.15, -0.1) is 0 Å². The van der Waals surface area contributed by atoms with Crippen LogP contribution in [0.15, 0.2) is 29.1 Å². The molecule has 2 aromatic heterocycles. The Labute approximate surface area is 247 Å². The lowest BCUT2D eigenvalue weighted by atomic mass is 9.80. The fraction of sp³-hybridized carbons (Fsp3) is 0.548. The number of nitrogens with zero attached hydrogens (tertiary/aromatic N) is 4. The fourth-order valence-electron chi connectivity index (χ4n) is 5.87. The third-order valence-electron chi connectivity index (χ3n) is 8.97. The fourth-order valence-corrected chi connectivity index (χ4v) is 5.87. The van der Waals surface area contributed by atoms with Crippen LogP contribution in [-0.2, 0) is 23.4 Å². The minimum absolute atomic E-state index is 0.0399. The molecule has 1 amide bonds. The van der Waals surface area contributed by atoms with Gasteiger partial charge in [-0.3, -0.25) is 14.6 Å². The van der Waals surface area contributed by atoms with Crippen LogP contribution in [0, 0.1) is 5.82 Å². The van der Waals surface area contributed by atoms with E-state index in [1.165, 1.54) is 32.2 Å². The van der Waals surface area contributed by atoms with Gasteiger partial charge in [-0.2, -0.15) is 13.9 Å². The highest BCUT2D eigenvalue weighted by Gasteiger charge is 2.49. The number of piperidine rings is 1. The molecule has 1 aliphatic heterocycles. The van der Waals surface area contributed by atoms with Crippen LogP contribution >= 0.6 is 0 Å². The SMILES string of the molecule is CC(=O)N1CCC(F)(c2cc3c(N[C@H](C)c4cccc(C(F)(F)C(C)(C)O)c4F)nn(C)c(=O)c3c(C3CCC3)n2)CC1. The van der Waals surface area contributed by atoms with E-state index in [-0.39, 0.29) is 60.2 Å². The topological polar surface area (TPSA) is 100 Å². The molecule has 43 heavy (non-hydrogen) atoms. The lowest BCUT2D eigenvalue weighted by Crippen LogP contribution is -2.43. The third kappa shape index (κ3) is 5.38. The Bertz CT molecular complexity index is 1620. The lowest BCUT2D eigenvalue weighted by molar-refractivity contribution is -0.170. The molecule has 0 radical (unpaired) electrons. The van der Waals surface area contributed by atoms with Crippen LogP contribution in [0.1, 0.15) is 94.3 Å². The van der Waals surface area contributed by atoms with Crippen molar-refractivity contribution in [3.8, 4) is 0 Å². The Morgan fingerprint density at radius 3 is 2.42 bits per heavy atom. The number of aromatic nitrogens is 3. The first kappa shape index (κ1) is 30.9. The molecule has 12 heteroatoms. The maximum Gasteiger partial charge on any atom is 0.303 e. The summed E-state index contributed by atoms with van der Waals surface area (Å²) in [5.74, 6) is -5.07. The van der Waals surface area contributed by atoms with Gasteiger partial charge >= 0.3 is 5.92 Å². The number of nitrogens with one attached hydrogen (secondary N) is 1. The molecule has 1 atom stereocenters. The number of carbonyl (C=O) groups excluding carboxylic acids is 1. The molecule has 0 bridgehead atoms. The van der Waals surface area contributed by atoms with Gasteiger partial charge in [-0.05, 0) is 45.7 Å². The molecular weight excluding hydrogens is 566 g/mol. The van der Waals surface area contributed by atoms with E-state index in [1.54, 1.807) is 11.8 Å². The maximum absolute atomic E-state index is 16.5. The Morgan fingerprint density at radius 2 is 1.86 bits per heavy atom. The van der Waals surface area contributed by atoms with Crippen molar-refractivity contribution in [2.45, 2.75) is 89.0 Å². The van der Waals surface area contributed by atoms with E-state index in [1.807, 2.05) is 0 Å². The van der Waals surface area contributed by atoms with E-state index >= 15 is 8.78 Å². The minimum Gasteiger partial charge on any atom is -0.384 e. The predicted molar refractivity (Wildman–Crippen MR) is 154 cm³/mol. The van der Waals surface area contributed by atoms with Crippen molar-refractivity contribution < 1.29 is 27.5 Å². The number of alkyl halides is 3. The van der Waals surface area contributed by atoms with Crippen molar-refractivity contribution in [2.75, 3.05) is 18.4 Å². The number of anilines is 1. The zero-order valence-corrected chi connectivity index (χ0v) is 25.0. The Kier molecular flexibility index (Phi) is 7.81. The molecule has 1 aliphatic carbocycles. The number of benzene rings is 1. The minimum atomic E-state index is -3.87. The molecule has 2 fully saturated rings. The first-order valence-corrected chi connectivity index (χ1v) is 14.6. The quantitative estimate of drug-likeness (QED) is 0.342. The Balaban J connectivity index is 1.61. The van der Waals surface area contributed by atoms with Crippen LogP contribution in [0.3, 0.4) is 0 Å². The smallest absolute Gasteiger partial charge is 0.303 e. The number of fused-ring (bicyclic) bond motifs is 1. The summed E-state index contributed by atoms with van der Waals surface area (Å²) in [7, 11) is 1.47. The highest BCUT2D eigenvalue weighted by Crippen LogP contribution is 2.44. The van der Waals surface area contributed by atoms with Gasteiger partial charge in [0.05, 0.1) is 28.4 Å². The summed E-state index contributed by atoms with van der Waals surface area (Å²) >= 11 is 0. The average molecular weight is 604 g/mol. The van der Waals surface area contributed by atoms with Gasteiger partial charge in [0.2, 0.25) is 5.91 Å². The van der Waals surface area contributed by atoms with Crippen LogP contribution < -0.4 is 10.9 Å². The summed E-state index contributed by atoms with van der Waals surface area (Å²) in [4.78, 5) is 31.6. The monoisotopic (exact) mass is 603 g/mol. The van der Waals surface area contributed by atoms with Crippen molar-refractivity contribution in [1.82, 2.24) is 19.7 Å². The number of pyridine rings is 1. The first-order valence-electron chi connectivity index (χ1n) is 14.6. The summed E-state index contributed by atoms with van der Waals surface area (Å²) in [6.45, 7) is 5.28. The zero-order chi connectivity index (χ0) is 31.5. The van der Waals surface area contributed by atoms with Gasteiger partial charge in [-0.25, -0.2) is 13.5 Å². The standard InChI is InChI=1S/C31H37F4N5O3/c1-17(20-10-7-11-22(25(20)32)31(34,35)29(3,4)43)36-27-21-16-23(30(33)12-14-40(15-13-30)18(2)41)37-26(19-8-6-9-19)24(21)28(42)39(5)38-27/h7,10-11,16-17,19,43H,6,8-9,12-15H2,1-5H3,(H,36,38)/t17-/m1/s1. The lowest BCUT2D eigenvalue weighted by Gasteiger charge is -2.36. The van der Waals surface area contributed by atoms with Gasteiger partial charge < -0.3 is 15.3 Å². The van der Waals surface area contributed by atoms with Gasteiger partial charge in [-0.1, -0.05) is 18.6 Å². The number of hydrogen-bond acceptors (Lipinski definition) is 6. The molecule has 1 saturated heterocycles. The van der Waals surface area contributed by atoms with Gasteiger partial charge in [0.25, 0.3) is 5.56 Å². The first-order chi connectivity index (χ1) is 20.0. The second-order valence-electron chi connectivity index (χ2n) is 12.4. The molecule has 0 unspecified atom stereocenters. The van der Waals surface area contributed by atoms with Gasteiger partial charge in [0, 0.05) is 56.8 Å². The van der Waals surface area contributed by atoms with Crippen LogP contribution in [0.2, 0.25) is 0 Å². The number of hydrogen-bond donors (Lipinski definition) is 2. The summed E-state index contributed by atoms with van der Waals surface area (Å²) in [5.41, 5.74) is -5.17. The summed E-state index contributed by atoms with van der Waals surface area (Å²) in [6.07, 6.45) is 2.62. The van der Waals surface area contributed by atoms with E-state index in [9.17, 15) is 23.5 Å². The highest BCUT2D eigenvalue weighted by atomic mass is 19.3. The van der Waals surface area contributed by atoms with E-state index < -0.39 is 40.2 Å². The second kappa shape index (κ2) is 10.9. The van der Waals surface area contributed by atoms with E-state index in [0.29, 0.717) is 11.1 Å². The van der Waals surface area contributed by atoms with Crippen LogP contribution in [0.25, 0.3) is 10.8 Å². The number of halogens is 4. The number of amides is 1. The molecule has 1 aromatic carbocycles. The Hall–Kier alpha value is -3.54. The van der Waals surface area contributed by atoms with Gasteiger partial charge in [0.15, 0.2) is 11.5 Å². The van der Waals surface area contributed by atoms with Crippen molar-refractivity contribution in [3.05, 3.63) is 63.0 Å². The third-order valence-corrected chi connectivity index (χ3v) is 8.97. The number of rotatable bonds is 7. The number of aryl methyl sites for hydroxylation is 1. The molecule has 5 rings (SSSR count). The molecule has 3 heterocycles. The molecule has 8 nitrogen and oxygen atoms in total. The number of likely N-dealkylation sites (tertiary alicyclic amines) is 1. The Morgan fingerprint density at radius 1 is 1.21 bits per heavy atom. The van der Waals surface area contributed by atoms with Crippen molar-refractivity contribution >= 4 is 22.5 Å². The van der Waals surface area contributed by atoms with Crippen LogP contribution in [-0.4, -0.2) is 49.4 Å². The molecule has 232 valence electrons.